The van der Waals surface area contributed by atoms with Gasteiger partial charge in [-0.2, -0.15) is 0 Å². The SMILES string of the molecule is CC(C)C[C@@](CCCCN(O)C(=O)NC(C)C)(C(=O)Nc1ccccc1)N(CP=O)C(=O)CCCc1ccccc1. The van der Waals surface area contributed by atoms with Crippen molar-refractivity contribution in [3.63, 3.8) is 0 Å². The van der Waals surface area contributed by atoms with E-state index >= 15 is 0 Å². The lowest BCUT2D eigenvalue weighted by Gasteiger charge is -2.43. The Kier molecular flexibility index (Phi) is 14.5. The molecule has 2 aromatic rings. The zero-order chi connectivity index (χ0) is 30.3. The molecule has 224 valence electrons. The number of carbonyl (C=O) groups excluding carboxylic acids is 3. The van der Waals surface area contributed by atoms with Crippen LogP contribution in [0.25, 0.3) is 0 Å². The van der Waals surface area contributed by atoms with Crippen LogP contribution in [0, 0.1) is 5.92 Å². The van der Waals surface area contributed by atoms with E-state index in [-0.39, 0.29) is 57.9 Å². The van der Waals surface area contributed by atoms with Gasteiger partial charge in [-0.25, -0.2) is 9.86 Å². The van der Waals surface area contributed by atoms with Crippen LogP contribution in [0.3, 0.4) is 0 Å². The number of hydroxylamine groups is 2. The molecule has 0 aliphatic heterocycles. The Morgan fingerprint density at radius 3 is 2.15 bits per heavy atom. The number of carbonyl (C=O) groups is 3. The van der Waals surface area contributed by atoms with E-state index in [9.17, 15) is 24.2 Å². The number of benzene rings is 2. The summed E-state index contributed by atoms with van der Waals surface area (Å²) in [5.41, 5.74) is 0.457. The minimum atomic E-state index is -1.27. The molecule has 0 bridgehead atoms. The van der Waals surface area contributed by atoms with Crippen molar-refractivity contribution in [3.8, 4) is 0 Å². The number of hydrogen-bond acceptors (Lipinski definition) is 5. The molecule has 3 N–H and O–H groups in total. The maximum absolute atomic E-state index is 14.1. The lowest BCUT2D eigenvalue weighted by Crippen LogP contribution is -2.59. The maximum Gasteiger partial charge on any atom is 0.341 e. The number of nitrogens with zero attached hydrogens (tertiary/aromatic N) is 2. The molecule has 0 saturated heterocycles. The van der Waals surface area contributed by atoms with Crippen LogP contribution in [0.5, 0.6) is 0 Å². The monoisotopic (exact) mass is 584 g/mol. The number of para-hydroxylation sites is 1. The summed E-state index contributed by atoms with van der Waals surface area (Å²) in [6, 6.07) is 18.2. The first-order chi connectivity index (χ1) is 19.6. The third kappa shape index (κ3) is 11.2. The highest BCUT2D eigenvalue weighted by atomic mass is 31.1. The molecular weight excluding hydrogens is 539 g/mol. The van der Waals surface area contributed by atoms with Gasteiger partial charge in [-0.3, -0.25) is 19.4 Å². The Hall–Kier alpha value is -3.29. The lowest BCUT2D eigenvalue weighted by molar-refractivity contribution is -0.146. The zero-order valence-electron chi connectivity index (χ0n) is 24.7. The highest BCUT2D eigenvalue weighted by molar-refractivity contribution is 7.23. The second kappa shape index (κ2) is 17.5. The predicted octanol–water partition coefficient (Wildman–Crippen LogP) is 6.49. The van der Waals surface area contributed by atoms with Crippen LogP contribution in [0.2, 0.25) is 0 Å². The summed E-state index contributed by atoms with van der Waals surface area (Å²) in [5, 5.41) is 16.4. The zero-order valence-corrected chi connectivity index (χ0v) is 25.6. The predicted molar refractivity (Wildman–Crippen MR) is 162 cm³/mol. The fourth-order valence-corrected chi connectivity index (χ4v) is 5.50. The van der Waals surface area contributed by atoms with E-state index in [1.807, 2.05) is 62.4 Å². The third-order valence-corrected chi connectivity index (χ3v) is 7.17. The maximum atomic E-state index is 14.1. The lowest BCUT2D eigenvalue weighted by atomic mass is 9.81. The van der Waals surface area contributed by atoms with Gasteiger partial charge in [0.2, 0.25) is 11.8 Å². The van der Waals surface area contributed by atoms with Gasteiger partial charge < -0.3 is 15.5 Å². The van der Waals surface area contributed by atoms with Crippen molar-refractivity contribution in [2.24, 2.45) is 5.92 Å². The number of rotatable bonds is 17. The number of anilines is 1. The van der Waals surface area contributed by atoms with Crippen molar-refractivity contribution in [2.45, 2.75) is 84.2 Å². The average Bonchev–Trinajstić information content (AvgIpc) is 2.93. The van der Waals surface area contributed by atoms with Crippen LogP contribution in [0.15, 0.2) is 60.7 Å². The molecule has 10 heteroatoms. The van der Waals surface area contributed by atoms with Crippen molar-refractivity contribution in [1.82, 2.24) is 15.3 Å². The first-order valence-electron chi connectivity index (χ1n) is 14.4. The van der Waals surface area contributed by atoms with Gasteiger partial charge in [0.15, 0.2) is 8.46 Å². The van der Waals surface area contributed by atoms with Crippen molar-refractivity contribution in [2.75, 3.05) is 18.1 Å². The summed E-state index contributed by atoms with van der Waals surface area (Å²) >= 11 is 0. The Labute approximate surface area is 245 Å². The fourth-order valence-electron chi connectivity index (χ4n) is 4.96. The van der Waals surface area contributed by atoms with Gasteiger partial charge in [0.05, 0.1) is 6.54 Å². The van der Waals surface area contributed by atoms with E-state index in [1.54, 1.807) is 26.0 Å². The van der Waals surface area contributed by atoms with E-state index in [0.717, 1.165) is 5.56 Å². The second-order valence-corrected chi connectivity index (χ2v) is 11.6. The average molecular weight is 585 g/mol. The van der Waals surface area contributed by atoms with E-state index in [4.69, 9.17) is 0 Å². The molecule has 0 heterocycles. The third-order valence-electron chi connectivity index (χ3n) is 6.77. The minimum absolute atomic E-state index is 0.0469. The first kappa shape index (κ1) is 33.9. The van der Waals surface area contributed by atoms with E-state index in [1.165, 1.54) is 4.90 Å². The van der Waals surface area contributed by atoms with Crippen LogP contribution in [0.1, 0.15) is 71.8 Å². The number of aryl methyl sites for hydroxylation is 1. The molecule has 2 rings (SSSR count). The molecule has 0 saturated carbocycles. The molecule has 0 aliphatic rings. The van der Waals surface area contributed by atoms with Gasteiger partial charge in [0.1, 0.15) is 11.8 Å². The minimum Gasteiger partial charge on any atom is -0.334 e. The first-order valence-corrected chi connectivity index (χ1v) is 15.4. The van der Waals surface area contributed by atoms with E-state index in [0.29, 0.717) is 42.9 Å². The summed E-state index contributed by atoms with van der Waals surface area (Å²) in [5.74, 6) is -0.519. The highest BCUT2D eigenvalue weighted by Crippen LogP contribution is 2.34. The Morgan fingerprint density at radius 1 is 0.927 bits per heavy atom. The molecule has 0 aromatic heterocycles. The smallest absolute Gasteiger partial charge is 0.334 e. The molecule has 41 heavy (non-hydrogen) atoms. The molecule has 4 amide bonds. The van der Waals surface area contributed by atoms with Gasteiger partial charge in [-0.05, 0) is 76.0 Å². The molecule has 9 nitrogen and oxygen atoms in total. The summed E-state index contributed by atoms with van der Waals surface area (Å²) in [6.07, 6.45) is 2.91. The molecule has 0 spiro atoms. The van der Waals surface area contributed by atoms with E-state index in [2.05, 4.69) is 10.6 Å². The number of hydrogen-bond donors (Lipinski definition) is 3. The van der Waals surface area contributed by atoms with Crippen molar-refractivity contribution >= 4 is 32.0 Å². The number of amides is 4. The molecule has 0 aliphatic carbocycles. The summed E-state index contributed by atoms with van der Waals surface area (Å²) in [6.45, 7) is 7.66. The standard InChI is InChI=1S/C31H45N4O5P/c1-24(2)22-31(29(37)33-27-17-9-6-10-18-27,20-11-12-21-35(39)30(38)32-25(3)4)34(23-41-40)28(36)19-13-16-26-14-7-5-8-15-26/h5-10,14-15,17-18,24-25,39H,11-13,16,19-23H2,1-4H3,(H,32,38)(H,33,37)/t31-/m0/s1. The Bertz CT molecular complexity index is 1100. The van der Waals surface area contributed by atoms with Crippen molar-refractivity contribution in [1.29, 1.82) is 0 Å². The van der Waals surface area contributed by atoms with Crippen molar-refractivity contribution in [3.05, 3.63) is 66.2 Å². The summed E-state index contributed by atoms with van der Waals surface area (Å²) in [7, 11) is -0.259. The van der Waals surface area contributed by atoms with Gasteiger partial charge >= 0.3 is 6.03 Å². The molecule has 0 unspecified atom stereocenters. The summed E-state index contributed by atoms with van der Waals surface area (Å²) in [4.78, 5) is 41.4. The van der Waals surface area contributed by atoms with Gasteiger partial charge in [-0.15, -0.1) is 0 Å². The quantitative estimate of drug-likeness (QED) is 0.0850. The largest absolute Gasteiger partial charge is 0.341 e. The van der Waals surface area contributed by atoms with Crippen molar-refractivity contribution < 1.29 is 24.2 Å². The van der Waals surface area contributed by atoms with Gasteiger partial charge in [0, 0.05) is 18.2 Å². The molecule has 2 aromatic carbocycles. The van der Waals surface area contributed by atoms with Gasteiger partial charge in [-0.1, -0.05) is 62.4 Å². The summed E-state index contributed by atoms with van der Waals surface area (Å²) < 4.78 is 12.0. The molecule has 0 radical (unpaired) electrons. The van der Waals surface area contributed by atoms with E-state index < -0.39 is 11.6 Å². The topological polar surface area (TPSA) is 119 Å². The van der Waals surface area contributed by atoms with Gasteiger partial charge in [0.25, 0.3) is 0 Å². The molecule has 1 atom stereocenters. The fraction of sp³-hybridized carbons (Fsp3) is 0.516. The van der Waals surface area contributed by atoms with Crippen LogP contribution in [0.4, 0.5) is 10.5 Å². The Morgan fingerprint density at radius 2 is 1.56 bits per heavy atom. The highest BCUT2D eigenvalue weighted by Gasteiger charge is 2.46. The number of nitrogens with one attached hydrogen (secondary N) is 2. The Balaban J connectivity index is 2.30. The van der Waals surface area contributed by atoms with Crippen LogP contribution in [-0.2, 0) is 20.6 Å². The number of unbranched alkanes of at least 4 members (excludes halogenated alkanes) is 1. The van der Waals surface area contributed by atoms with Crippen LogP contribution >= 0.6 is 8.46 Å². The molecule has 0 fully saturated rings. The van der Waals surface area contributed by atoms with Crippen LogP contribution < -0.4 is 10.6 Å². The number of urea groups is 1. The second-order valence-electron chi connectivity index (χ2n) is 11.1. The van der Waals surface area contributed by atoms with Crippen LogP contribution in [-0.4, -0.2) is 57.4 Å². The normalized spacial score (nSPS) is 12.7. The molecular formula is C31H45N4O5P.